The quantitative estimate of drug-likeness (QED) is 0.464. The SMILES string of the molecule is C=C[B]C(C)(CC)C1CC=C(C)CCC1. The molecular weight excluding hydrogens is 179 g/mol. The summed E-state index contributed by atoms with van der Waals surface area (Å²) in [6.45, 7) is 10.8. The van der Waals surface area contributed by atoms with Gasteiger partial charge in [0.15, 0.2) is 0 Å². The molecule has 1 radical (unpaired) electrons. The largest absolute Gasteiger partial charge is 0.148 e. The third-order valence-corrected chi connectivity index (χ3v) is 4.07. The number of hydrogen-bond donors (Lipinski definition) is 0. The van der Waals surface area contributed by atoms with Crippen molar-refractivity contribution in [1.82, 2.24) is 0 Å². The van der Waals surface area contributed by atoms with Crippen LogP contribution in [-0.4, -0.2) is 7.28 Å². The maximum absolute atomic E-state index is 3.86. The Labute approximate surface area is 96.1 Å². The third-order valence-electron chi connectivity index (χ3n) is 4.07. The lowest BCUT2D eigenvalue weighted by Gasteiger charge is -2.35. The Balaban J connectivity index is 2.71. The van der Waals surface area contributed by atoms with E-state index in [0.717, 1.165) is 5.92 Å². The predicted molar refractivity (Wildman–Crippen MR) is 70.3 cm³/mol. The van der Waals surface area contributed by atoms with Gasteiger partial charge in [-0.1, -0.05) is 37.2 Å². The minimum atomic E-state index is 0.350. The molecule has 0 aromatic carbocycles. The van der Waals surface area contributed by atoms with Crippen LogP contribution in [0.4, 0.5) is 0 Å². The van der Waals surface area contributed by atoms with Crippen molar-refractivity contribution in [2.24, 2.45) is 5.92 Å². The molecular formula is C14H24B. The first-order chi connectivity index (χ1) is 7.12. The Morgan fingerprint density at radius 1 is 1.67 bits per heavy atom. The van der Waals surface area contributed by atoms with Crippen LogP contribution in [0.15, 0.2) is 24.2 Å². The van der Waals surface area contributed by atoms with Gasteiger partial charge in [-0.05, 0) is 38.5 Å². The van der Waals surface area contributed by atoms with Gasteiger partial charge in [0.25, 0.3) is 0 Å². The summed E-state index contributed by atoms with van der Waals surface area (Å²) in [6.07, 6.45) is 8.93. The highest BCUT2D eigenvalue weighted by Gasteiger charge is 2.31. The zero-order valence-electron chi connectivity index (χ0n) is 10.6. The Bertz CT molecular complexity index is 242. The van der Waals surface area contributed by atoms with Crippen molar-refractivity contribution >= 4 is 7.28 Å². The first-order valence-electron chi connectivity index (χ1n) is 6.25. The lowest BCUT2D eigenvalue weighted by molar-refractivity contribution is 0.345. The molecule has 1 heteroatoms. The van der Waals surface area contributed by atoms with Crippen molar-refractivity contribution in [1.29, 1.82) is 0 Å². The van der Waals surface area contributed by atoms with E-state index in [4.69, 9.17) is 0 Å². The molecule has 0 spiro atoms. The van der Waals surface area contributed by atoms with Crippen molar-refractivity contribution in [3.63, 3.8) is 0 Å². The van der Waals surface area contributed by atoms with Crippen LogP contribution in [-0.2, 0) is 0 Å². The maximum atomic E-state index is 3.86. The van der Waals surface area contributed by atoms with Crippen molar-refractivity contribution in [3.05, 3.63) is 24.2 Å². The molecule has 83 valence electrons. The summed E-state index contributed by atoms with van der Waals surface area (Å²) >= 11 is 0. The summed E-state index contributed by atoms with van der Waals surface area (Å²) in [5.74, 6) is 2.78. The van der Waals surface area contributed by atoms with E-state index in [-0.39, 0.29) is 0 Å². The maximum Gasteiger partial charge on any atom is 0.148 e. The predicted octanol–water partition coefficient (Wildman–Crippen LogP) is 4.56. The lowest BCUT2D eigenvalue weighted by atomic mass is 9.46. The first kappa shape index (κ1) is 12.6. The monoisotopic (exact) mass is 203 g/mol. The zero-order chi connectivity index (χ0) is 11.3. The van der Waals surface area contributed by atoms with Gasteiger partial charge in [0.1, 0.15) is 7.28 Å². The van der Waals surface area contributed by atoms with Gasteiger partial charge in [0, 0.05) is 0 Å². The molecule has 0 heterocycles. The van der Waals surface area contributed by atoms with E-state index in [2.05, 4.69) is 40.7 Å². The van der Waals surface area contributed by atoms with Gasteiger partial charge < -0.3 is 0 Å². The van der Waals surface area contributed by atoms with Crippen LogP contribution >= 0.6 is 0 Å². The van der Waals surface area contributed by atoms with Gasteiger partial charge in [-0.15, -0.1) is 12.6 Å². The van der Waals surface area contributed by atoms with Gasteiger partial charge >= 0.3 is 0 Å². The smallest absolute Gasteiger partial charge is 0.129 e. The second-order valence-corrected chi connectivity index (χ2v) is 5.14. The molecule has 0 bridgehead atoms. The highest BCUT2D eigenvalue weighted by molar-refractivity contribution is 6.46. The second-order valence-electron chi connectivity index (χ2n) is 5.14. The Kier molecular flexibility index (Phi) is 4.69. The van der Waals surface area contributed by atoms with E-state index < -0.39 is 0 Å². The van der Waals surface area contributed by atoms with Crippen LogP contribution in [0.1, 0.15) is 52.9 Å². The van der Waals surface area contributed by atoms with Crippen molar-refractivity contribution in [3.8, 4) is 0 Å². The minimum absolute atomic E-state index is 0.350. The summed E-state index contributed by atoms with van der Waals surface area (Å²) < 4.78 is 0. The molecule has 0 N–H and O–H groups in total. The van der Waals surface area contributed by atoms with E-state index in [9.17, 15) is 0 Å². The number of hydrogen-bond acceptors (Lipinski definition) is 0. The van der Waals surface area contributed by atoms with Gasteiger partial charge in [-0.3, -0.25) is 0 Å². The molecule has 0 nitrogen and oxygen atoms in total. The van der Waals surface area contributed by atoms with E-state index in [1.165, 1.54) is 32.1 Å². The highest BCUT2D eigenvalue weighted by atomic mass is 14.3. The second kappa shape index (κ2) is 5.58. The van der Waals surface area contributed by atoms with Gasteiger partial charge in [-0.2, -0.15) is 0 Å². The molecule has 0 saturated carbocycles. The summed E-state index contributed by atoms with van der Waals surface area (Å²) in [7, 11) is 2.31. The zero-order valence-corrected chi connectivity index (χ0v) is 10.6. The molecule has 2 unspecified atom stereocenters. The molecule has 0 aromatic rings. The van der Waals surface area contributed by atoms with E-state index in [1.54, 1.807) is 5.57 Å². The Morgan fingerprint density at radius 2 is 2.40 bits per heavy atom. The van der Waals surface area contributed by atoms with Crippen molar-refractivity contribution in [2.75, 3.05) is 0 Å². The summed E-state index contributed by atoms with van der Waals surface area (Å²) in [5.41, 5.74) is 1.58. The van der Waals surface area contributed by atoms with Crippen molar-refractivity contribution in [2.45, 2.75) is 58.2 Å². The molecule has 2 atom stereocenters. The number of rotatable bonds is 4. The minimum Gasteiger partial charge on any atom is -0.129 e. The highest BCUT2D eigenvalue weighted by Crippen LogP contribution is 2.44. The molecule has 0 aromatic heterocycles. The van der Waals surface area contributed by atoms with Gasteiger partial charge in [0.2, 0.25) is 0 Å². The molecule has 1 rings (SSSR count). The average molecular weight is 203 g/mol. The molecule has 1 aliphatic carbocycles. The third kappa shape index (κ3) is 3.26. The summed E-state index contributed by atoms with van der Waals surface area (Å²) in [4.78, 5) is 0. The molecule has 0 aliphatic heterocycles. The fourth-order valence-corrected chi connectivity index (χ4v) is 2.60. The molecule has 0 fully saturated rings. The topological polar surface area (TPSA) is 0 Å². The molecule has 15 heavy (non-hydrogen) atoms. The molecule has 0 saturated heterocycles. The Hall–Kier alpha value is -0.455. The normalized spacial score (nSPS) is 26.1. The van der Waals surface area contributed by atoms with Crippen LogP contribution in [0.3, 0.4) is 0 Å². The summed E-state index contributed by atoms with van der Waals surface area (Å²) in [5, 5.41) is 0.350. The lowest BCUT2D eigenvalue weighted by Crippen LogP contribution is -2.25. The van der Waals surface area contributed by atoms with E-state index in [0.29, 0.717) is 5.31 Å². The van der Waals surface area contributed by atoms with Crippen molar-refractivity contribution < 1.29 is 0 Å². The van der Waals surface area contributed by atoms with Gasteiger partial charge in [-0.25, -0.2) is 0 Å². The Morgan fingerprint density at radius 3 is 3.00 bits per heavy atom. The summed E-state index contributed by atoms with van der Waals surface area (Å²) in [6, 6.07) is 0. The molecule has 1 aliphatic rings. The van der Waals surface area contributed by atoms with E-state index in [1.807, 2.05) is 5.98 Å². The van der Waals surface area contributed by atoms with Crippen LogP contribution in [0.5, 0.6) is 0 Å². The van der Waals surface area contributed by atoms with Gasteiger partial charge in [0.05, 0.1) is 0 Å². The fraction of sp³-hybridized carbons (Fsp3) is 0.714. The fourth-order valence-electron chi connectivity index (χ4n) is 2.60. The van der Waals surface area contributed by atoms with Crippen LogP contribution < -0.4 is 0 Å². The number of allylic oxidation sites excluding steroid dienone is 2. The standard InChI is InChI=1S/C14H24B/c1-5-14(4,15-6-2)13-9-7-8-12(3)10-11-13/h6,10,13H,2,5,7-9,11H2,1,3-4H3. The van der Waals surface area contributed by atoms with E-state index >= 15 is 0 Å². The molecule has 0 amide bonds. The van der Waals surface area contributed by atoms with Crippen LogP contribution in [0.2, 0.25) is 5.31 Å². The average Bonchev–Trinajstić information content (AvgIpc) is 2.43. The first-order valence-corrected chi connectivity index (χ1v) is 6.25. The van der Waals surface area contributed by atoms with Crippen LogP contribution in [0, 0.1) is 5.92 Å². The van der Waals surface area contributed by atoms with Crippen LogP contribution in [0.25, 0.3) is 0 Å².